The van der Waals surface area contributed by atoms with E-state index in [1.165, 1.54) is 10.5 Å². The topological polar surface area (TPSA) is 29.1 Å². The smallest absolute Gasteiger partial charge is 0.234 e. The second-order valence-electron chi connectivity index (χ2n) is 4.62. The Kier molecular flexibility index (Phi) is 3.56. The molecule has 2 nitrogen and oxygen atoms in total. The standard InChI is InChI=1S/C16H15NOS/c18-16(17-11-12-6-2-1-3-7-12)15-10-13-8-4-5-9-14(13)19-15/h1-9,15H,10-11H2,(H,17,18)/t15-/m1/s1. The first-order chi connectivity index (χ1) is 9.33. The molecule has 19 heavy (non-hydrogen) atoms. The SMILES string of the molecule is O=C(NCc1ccccc1)[C@H]1Cc2ccccc2S1. The van der Waals surface area contributed by atoms with Gasteiger partial charge in [-0.05, 0) is 23.6 Å². The molecule has 1 atom stereocenters. The van der Waals surface area contributed by atoms with Gasteiger partial charge in [-0.3, -0.25) is 4.79 Å². The van der Waals surface area contributed by atoms with Crippen molar-refractivity contribution >= 4 is 17.7 Å². The first-order valence-electron chi connectivity index (χ1n) is 6.39. The number of rotatable bonds is 3. The average molecular weight is 269 g/mol. The van der Waals surface area contributed by atoms with E-state index in [4.69, 9.17) is 0 Å². The lowest BCUT2D eigenvalue weighted by atomic mass is 10.1. The molecule has 1 aliphatic rings. The normalized spacial score (nSPS) is 16.9. The van der Waals surface area contributed by atoms with Crippen molar-refractivity contribution in [3.63, 3.8) is 0 Å². The average Bonchev–Trinajstić information content (AvgIpc) is 2.90. The van der Waals surface area contributed by atoms with Gasteiger partial charge in [0.05, 0.1) is 5.25 Å². The van der Waals surface area contributed by atoms with Crippen molar-refractivity contribution < 1.29 is 4.79 Å². The summed E-state index contributed by atoms with van der Waals surface area (Å²) in [4.78, 5) is 13.4. The monoisotopic (exact) mass is 269 g/mol. The molecule has 3 heteroatoms. The molecule has 1 aliphatic heterocycles. The molecule has 1 amide bonds. The Morgan fingerprint density at radius 3 is 2.63 bits per heavy atom. The molecule has 0 spiro atoms. The number of amides is 1. The van der Waals surface area contributed by atoms with E-state index in [-0.39, 0.29) is 11.2 Å². The summed E-state index contributed by atoms with van der Waals surface area (Å²) in [5, 5.41) is 3.03. The third kappa shape index (κ3) is 2.82. The van der Waals surface area contributed by atoms with Gasteiger partial charge in [-0.1, -0.05) is 48.5 Å². The van der Waals surface area contributed by atoms with Gasteiger partial charge >= 0.3 is 0 Å². The van der Waals surface area contributed by atoms with Crippen LogP contribution in [0.25, 0.3) is 0 Å². The maximum Gasteiger partial charge on any atom is 0.234 e. The Morgan fingerprint density at radius 2 is 1.84 bits per heavy atom. The van der Waals surface area contributed by atoms with Gasteiger partial charge < -0.3 is 5.32 Å². The van der Waals surface area contributed by atoms with Crippen molar-refractivity contribution in [3.05, 3.63) is 65.7 Å². The van der Waals surface area contributed by atoms with E-state index in [1.54, 1.807) is 11.8 Å². The summed E-state index contributed by atoms with van der Waals surface area (Å²) in [6, 6.07) is 18.3. The zero-order valence-corrected chi connectivity index (χ0v) is 11.3. The minimum absolute atomic E-state index is 0.0149. The summed E-state index contributed by atoms with van der Waals surface area (Å²) >= 11 is 1.67. The van der Waals surface area contributed by atoms with Crippen molar-refractivity contribution in [3.8, 4) is 0 Å². The van der Waals surface area contributed by atoms with Gasteiger partial charge in [-0.15, -0.1) is 11.8 Å². The zero-order chi connectivity index (χ0) is 13.1. The number of benzene rings is 2. The predicted octanol–water partition coefficient (Wildman–Crippen LogP) is 3.02. The Hall–Kier alpha value is -1.74. The summed E-state index contributed by atoms with van der Waals surface area (Å²) in [5.74, 6) is 0.130. The molecular formula is C16H15NOS. The molecule has 0 saturated heterocycles. The van der Waals surface area contributed by atoms with Crippen LogP contribution in [0.1, 0.15) is 11.1 Å². The van der Waals surface area contributed by atoms with E-state index >= 15 is 0 Å². The van der Waals surface area contributed by atoms with E-state index in [2.05, 4.69) is 17.4 Å². The van der Waals surface area contributed by atoms with Crippen LogP contribution in [0, 0.1) is 0 Å². The third-order valence-corrected chi connectivity index (χ3v) is 4.57. The van der Waals surface area contributed by atoms with Crippen LogP contribution in [0.5, 0.6) is 0 Å². The number of hydrogen-bond donors (Lipinski definition) is 1. The van der Waals surface area contributed by atoms with Crippen LogP contribution in [0.2, 0.25) is 0 Å². The molecule has 1 heterocycles. The Labute approximate surface area is 117 Å². The third-order valence-electron chi connectivity index (χ3n) is 3.25. The number of thioether (sulfide) groups is 1. The molecule has 2 aromatic rings. The van der Waals surface area contributed by atoms with E-state index in [1.807, 2.05) is 42.5 Å². The number of nitrogens with one attached hydrogen (secondary N) is 1. The van der Waals surface area contributed by atoms with Crippen molar-refractivity contribution in [2.24, 2.45) is 0 Å². The number of carbonyl (C=O) groups is 1. The number of fused-ring (bicyclic) bond motifs is 1. The summed E-state index contributed by atoms with van der Waals surface area (Å²) in [7, 11) is 0. The van der Waals surface area contributed by atoms with Crippen molar-refractivity contribution in [1.82, 2.24) is 5.32 Å². The molecule has 0 radical (unpaired) electrons. The van der Waals surface area contributed by atoms with Crippen LogP contribution in [-0.2, 0) is 17.8 Å². The second kappa shape index (κ2) is 5.49. The van der Waals surface area contributed by atoms with E-state index < -0.39 is 0 Å². The molecular weight excluding hydrogens is 254 g/mol. The van der Waals surface area contributed by atoms with Crippen LogP contribution >= 0.6 is 11.8 Å². The lowest BCUT2D eigenvalue weighted by Crippen LogP contribution is -2.31. The Morgan fingerprint density at radius 1 is 1.11 bits per heavy atom. The molecule has 1 N–H and O–H groups in total. The number of hydrogen-bond acceptors (Lipinski definition) is 2. The van der Waals surface area contributed by atoms with Crippen LogP contribution < -0.4 is 5.32 Å². The molecule has 0 unspecified atom stereocenters. The van der Waals surface area contributed by atoms with E-state index in [9.17, 15) is 4.79 Å². The highest BCUT2D eigenvalue weighted by atomic mass is 32.2. The summed E-state index contributed by atoms with van der Waals surface area (Å²) in [5.41, 5.74) is 2.42. The fourth-order valence-electron chi connectivity index (χ4n) is 2.23. The molecule has 0 aliphatic carbocycles. The maximum absolute atomic E-state index is 12.2. The van der Waals surface area contributed by atoms with Crippen LogP contribution in [-0.4, -0.2) is 11.2 Å². The molecule has 3 rings (SSSR count). The van der Waals surface area contributed by atoms with Crippen LogP contribution in [0.4, 0.5) is 0 Å². The lowest BCUT2D eigenvalue weighted by Gasteiger charge is -2.09. The van der Waals surface area contributed by atoms with E-state index in [0.717, 1.165) is 12.0 Å². The van der Waals surface area contributed by atoms with Gasteiger partial charge in [0, 0.05) is 11.4 Å². The Balaban J connectivity index is 1.58. The largest absolute Gasteiger partial charge is 0.351 e. The minimum Gasteiger partial charge on any atom is -0.351 e. The van der Waals surface area contributed by atoms with Crippen LogP contribution in [0.3, 0.4) is 0 Å². The van der Waals surface area contributed by atoms with Gasteiger partial charge in [0.25, 0.3) is 0 Å². The summed E-state index contributed by atoms with van der Waals surface area (Å²) in [6.07, 6.45) is 0.835. The molecule has 2 aromatic carbocycles. The van der Waals surface area contributed by atoms with Gasteiger partial charge in [0.1, 0.15) is 0 Å². The highest BCUT2D eigenvalue weighted by Gasteiger charge is 2.27. The summed E-state index contributed by atoms with van der Waals surface area (Å²) in [6.45, 7) is 0.604. The second-order valence-corrected chi connectivity index (χ2v) is 5.87. The first kappa shape index (κ1) is 12.3. The van der Waals surface area contributed by atoms with Gasteiger partial charge in [0.2, 0.25) is 5.91 Å². The number of carbonyl (C=O) groups excluding carboxylic acids is 1. The van der Waals surface area contributed by atoms with Gasteiger partial charge in [-0.2, -0.15) is 0 Å². The minimum atomic E-state index is 0.0149. The fourth-order valence-corrected chi connectivity index (χ4v) is 3.45. The molecule has 0 bridgehead atoms. The highest BCUT2D eigenvalue weighted by Crippen LogP contribution is 2.36. The lowest BCUT2D eigenvalue weighted by molar-refractivity contribution is -0.120. The molecule has 0 saturated carbocycles. The quantitative estimate of drug-likeness (QED) is 0.928. The molecule has 96 valence electrons. The Bertz CT molecular complexity index is 557. The maximum atomic E-state index is 12.2. The highest BCUT2D eigenvalue weighted by molar-refractivity contribution is 8.01. The van der Waals surface area contributed by atoms with Crippen molar-refractivity contribution in [2.75, 3.05) is 0 Å². The summed E-state index contributed by atoms with van der Waals surface area (Å²) < 4.78 is 0. The van der Waals surface area contributed by atoms with Gasteiger partial charge in [-0.25, -0.2) is 0 Å². The van der Waals surface area contributed by atoms with Crippen molar-refractivity contribution in [2.45, 2.75) is 23.1 Å². The van der Waals surface area contributed by atoms with Crippen molar-refractivity contribution in [1.29, 1.82) is 0 Å². The van der Waals surface area contributed by atoms with E-state index in [0.29, 0.717) is 6.54 Å². The predicted molar refractivity (Wildman–Crippen MR) is 78.1 cm³/mol. The molecule has 0 aromatic heterocycles. The fraction of sp³-hybridized carbons (Fsp3) is 0.188. The van der Waals surface area contributed by atoms with Gasteiger partial charge in [0.15, 0.2) is 0 Å². The zero-order valence-electron chi connectivity index (χ0n) is 10.5. The molecule has 0 fully saturated rings. The van der Waals surface area contributed by atoms with Crippen LogP contribution in [0.15, 0.2) is 59.5 Å². The first-order valence-corrected chi connectivity index (χ1v) is 7.27.